The van der Waals surface area contributed by atoms with Gasteiger partial charge >= 0.3 is 0 Å². The largest absolute Gasteiger partial charge is 0.396 e. The van der Waals surface area contributed by atoms with Gasteiger partial charge in [-0.25, -0.2) is 4.98 Å². The van der Waals surface area contributed by atoms with Crippen molar-refractivity contribution in [1.82, 2.24) is 19.4 Å². The van der Waals surface area contributed by atoms with Gasteiger partial charge in [-0.1, -0.05) is 6.42 Å². The zero-order valence-electron chi connectivity index (χ0n) is 14.9. The predicted molar refractivity (Wildman–Crippen MR) is 92.6 cm³/mol. The molecule has 134 valence electrons. The lowest BCUT2D eigenvalue weighted by atomic mass is 9.95. The van der Waals surface area contributed by atoms with Crippen LogP contribution in [0.3, 0.4) is 0 Å². The number of hydrogen-bond donors (Lipinski definition) is 1. The third-order valence-electron chi connectivity index (χ3n) is 5.76. The summed E-state index contributed by atoms with van der Waals surface area (Å²) in [6.07, 6.45) is 5.63. The normalized spacial score (nSPS) is 25.4. The Bertz CT molecular complexity index is 565. The average molecular weight is 334 g/mol. The first-order valence-corrected chi connectivity index (χ1v) is 9.17. The highest BCUT2D eigenvalue weighted by Crippen LogP contribution is 2.25. The number of carbonyl (C=O) groups excluding carboxylic acids is 1. The molecule has 2 aliphatic heterocycles. The first kappa shape index (κ1) is 17.4. The third-order valence-corrected chi connectivity index (χ3v) is 5.76. The van der Waals surface area contributed by atoms with Crippen molar-refractivity contribution in [3.8, 4) is 0 Å². The van der Waals surface area contributed by atoms with Crippen LogP contribution in [0.2, 0.25) is 0 Å². The standard InChI is InChI=1S/C18H30N4O2/c1-14-15(2)22(13-19-14)11-18(24)21-9-16(17(10-21)12-23)8-20-6-4-3-5-7-20/h13,16-17,23H,3-12H2,1-2H3/t16-,17-/m1/s1. The van der Waals surface area contributed by atoms with Crippen LogP contribution in [0.15, 0.2) is 6.33 Å². The minimum atomic E-state index is 0.134. The maximum Gasteiger partial charge on any atom is 0.242 e. The Morgan fingerprint density at radius 3 is 2.54 bits per heavy atom. The molecule has 24 heavy (non-hydrogen) atoms. The Morgan fingerprint density at radius 2 is 1.92 bits per heavy atom. The van der Waals surface area contributed by atoms with Gasteiger partial charge in [-0.2, -0.15) is 0 Å². The van der Waals surface area contributed by atoms with Crippen LogP contribution < -0.4 is 0 Å². The lowest BCUT2D eigenvalue weighted by Crippen LogP contribution is -2.37. The lowest BCUT2D eigenvalue weighted by Gasteiger charge is -2.30. The second kappa shape index (κ2) is 7.66. The second-order valence-electron chi connectivity index (χ2n) is 7.41. The highest BCUT2D eigenvalue weighted by molar-refractivity contribution is 5.76. The molecule has 1 aromatic rings. The molecule has 0 bridgehead atoms. The molecule has 6 nitrogen and oxygen atoms in total. The molecular weight excluding hydrogens is 304 g/mol. The van der Waals surface area contributed by atoms with Crippen LogP contribution in [0.1, 0.15) is 30.7 Å². The van der Waals surface area contributed by atoms with E-state index in [4.69, 9.17) is 0 Å². The quantitative estimate of drug-likeness (QED) is 0.874. The van der Waals surface area contributed by atoms with Crippen molar-refractivity contribution in [3.63, 3.8) is 0 Å². The highest BCUT2D eigenvalue weighted by Gasteiger charge is 2.35. The number of piperidine rings is 1. The zero-order valence-corrected chi connectivity index (χ0v) is 14.9. The number of hydrogen-bond acceptors (Lipinski definition) is 4. The van der Waals surface area contributed by atoms with Gasteiger partial charge in [0.05, 0.1) is 12.0 Å². The minimum Gasteiger partial charge on any atom is -0.396 e. The molecule has 0 radical (unpaired) electrons. The molecule has 1 aromatic heterocycles. The van der Waals surface area contributed by atoms with Crippen molar-refractivity contribution in [2.45, 2.75) is 39.7 Å². The molecule has 0 aromatic carbocycles. The topological polar surface area (TPSA) is 61.6 Å². The Balaban J connectivity index is 1.58. The number of amides is 1. The smallest absolute Gasteiger partial charge is 0.242 e. The van der Waals surface area contributed by atoms with Crippen molar-refractivity contribution in [2.24, 2.45) is 11.8 Å². The summed E-state index contributed by atoms with van der Waals surface area (Å²) in [7, 11) is 0. The summed E-state index contributed by atoms with van der Waals surface area (Å²) in [5, 5.41) is 9.73. The van der Waals surface area contributed by atoms with E-state index in [9.17, 15) is 9.90 Å². The van der Waals surface area contributed by atoms with Gasteiger partial charge in [-0.3, -0.25) is 4.79 Å². The van der Waals surface area contributed by atoms with E-state index < -0.39 is 0 Å². The number of likely N-dealkylation sites (tertiary alicyclic amines) is 2. The maximum atomic E-state index is 12.7. The minimum absolute atomic E-state index is 0.134. The predicted octanol–water partition coefficient (Wildman–Crippen LogP) is 1.05. The SMILES string of the molecule is Cc1ncn(CC(=O)N2C[C@@H](CN3CCCCC3)[C@@H](CO)C2)c1C. The highest BCUT2D eigenvalue weighted by atomic mass is 16.3. The van der Waals surface area contributed by atoms with Crippen LogP contribution in [0, 0.1) is 25.7 Å². The van der Waals surface area contributed by atoms with Gasteiger partial charge in [0.1, 0.15) is 6.54 Å². The van der Waals surface area contributed by atoms with Gasteiger partial charge in [0, 0.05) is 37.9 Å². The van der Waals surface area contributed by atoms with Crippen LogP contribution in [0.4, 0.5) is 0 Å². The maximum absolute atomic E-state index is 12.7. The Hall–Kier alpha value is -1.40. The van der Waals surface area contributed by atoms with E-state index in [0.29, 0.717) is 19.0 Å². The number of aliphatic hydroxyl groups is 1. The van der Waals surface area contributed by atoms with E-state index in [1.165, 1.54) is 19.3 Å². The summed E-state index contributed by atoms with van der Waals surface area (Å²) in [4.78, 5) is 21.4. The molecule has 3 rings (SSSR count). The van der Waals surface area contributed by atoms with E-state index in [1.54, 1.807) is 6.33 Å². The van der Waals surface area contributed by atoms with Gasteiger partial charge in [-0.05, 0) is 45.7 Å². The van der Waals surface area contributed by atoms with Gasteiger partial charge in [0.15, 0.2) is 0 Å². The first-order valence-electron chi connectivity index (χ1n) is 9.17. The van der Waals surface area contributed by atoms with Crippen LogP contribution >= 0.6 is 0 Å². The summed E-state index contributed by atoms with van der Waals surface area (Å²) in [5.41, 5.74) is 2.02. The average Bonchev–Trinajstić information content (AvgIpc) is 3.14. The molecular formula is C18H30N4O2. The molecule has 2 atom stereocenters. The zero-order chi connectivity index (χ0) is 17.1. The van der Waals surface area contributed by atoms with E-state index in [-0.39, 0.29) is 18.4 Å². The first-order chi connectivity index (χ1) is 11.6. The van der Waals surface area contributed by atoms with E-state index >= 15 is 0 Å². The molecule has 0 spiro atoms. The molecule has 0 unspecified atom stereocenters. The number of aromatic nitrogens is 2. The van der Waals surface area contributed by atoms with Crippen LogP contribution in [0.25, 0.3) is 0 Å². The number of aliphatic hydroxyl groups excluding tert-OH is 1. The Labute approximate surface area is 144 Å². The van der Waals surface area contributed by atoms with Crippen LogP contribution in [-0.4, -0.2) is 69.7 Å². The fraction of sp³-hybridized carbons (Fsp3) is 0.778. The third kappa shape index (κ3) is 3.81. The van der Waals surface area contributed by atoms with Crippen molar-refractivity contribution >= 4 is 5.91 Å². The molecule has 0 saturated carbocycles. The summed E-state index contributed by atoms with van der Waals surface area (Å²) in [5.74, 6) is 0.735. The lowest BCUT2D eigenvalue weighted by molar-refractivity contribution is -0.131. The van der Waals surface area contributed by atoms with E-state index in [0.717, 1.165) is 37.6 Å². The molecule has 1 amide bonds. The number of nitrogens with zero attached hydrogens (tertiary/aromatic N) is 4. The number of rotatable bonds is 5. The van der Waals surface area contributed by atoms with Crippen molar-refractivity contribution in [2.75, 3.05) is 39.3 Å². The fourth-order valence-corrected chi connectivity index (χ4v) is 3.98. The molecule has 2 aliphatic rings. The summed E-state index contributed by atoms with van der Waals surface area (Å²) in [6, 6.07) is 0. The molecule has 2 fully saturated rings. The Morgan fingerprint density at radius 1 is 1.21 bits per heavy atom. The van der Waals surface area contributed by atoms with Gasteiger partial charge in [-0.15, -0.1) is 0 Å². The second-order valence-corrected chi connectivity index (χ2v) is 7.41. The fourth-order valence-electron chi connectivity index (χ4n) is 3.98. The monoisotopic (exact) mass is 334 g/mol. The van der Waals surface area contributed by atoms with Gasteiger partial charge in [0.25, 0.3) is 0 Å². The number of aryl methyl sites for hydroxylation is 1. The van der Waals surface area contributed by atoms with E-state index in [2.05, 4.69) is 9.88 Å². The van der Waals surface area contributed by atoms with Gasteiger partial charge in [0.2, 0.25) is 5.91 Å². The summed E-state index contributed by atoms with van der Waals surface area (Å²) >= 11 is 0. The van der Waals surface area contributed by atoms with Crippen molar-refractivity contribution in [1.29, 1.82) is 0 Å². The summed E-state index contributed by atoms with van der Waals surface area (Å²) in [6.45, 7) is 9.27. The van der Waals surface area contributed by atoms with Gasteiger partial charge < -0.3 is 19.5 Å². The molecule has 1 N–H and O–H groups in total. The van der Waals surface area contributed by atoms with Crippen LogP contribution in [-0.2, 0) is 11.3 Å². The number of imidazole rings is 1. The van der Waals surface area contributed by atoms with Crippen molar-refractivity contribution in [3.05, 3.63) is 17.7 Å². The van der Waals surface area contributed by atoms with Crippen LogP contribution in [0.5, 0.6) is 0 Å². The van der Waals surface area contributed by atoms with E-state index in [1.807, 2.05) is 23.3 Å². The molecule has 0 aliphatic carbocycles. The van der Waals surface area contributed by atoms with Crippen molar-refractivity contribution < 1.29 is 9.90 Å². The molecule has 3 heterocycles. The number of carbonyl (C=O) groups is 1. The Kier molecular flexibility index (Phi) is 5.56. The molecule has 6 heteroatoms. The molecule has 2 saturated heterocycles. The summed E-state index contributed by atoms with van der Waals surface area (Å²) < 4.78 is 1.92.